The molecule has 0 amide bonds. The van der Waals surface area contributed by atoms with Gasteiger partial charge in [0.2, 0.25) is 0 Å². The third kappa shape index (κ3) is 6.35. The highest BCUT2D eigenvalue weighted by Gasteiger charge is 2.11. The van der Waals surface area contributed by atoms with Crippen molar-refractivity contribution in [1.82, 2.24) is 15.0 Å². The van der Waals surface area contributed by atoms with Gasteiger partial charge in [0.1, 0.15) is 35.3 Å². The number of thiazole rings is 1. The number of benzene rings is 2. The molecule has 0 fully saturated rings. The summed E-state index contributed by atoms with van der Waals surface area (Å²) in [5.74, 6) is 6.83. The van der Waals surface area contributed by atoms with Crippen molar-refractivity contribution >= 4 is 46.2 Å². The van der Waals surface area contributed by atoms with E-state index in [4.69, 9.17) is 16.3 Å². The van der Waals surface area contributed by atoms with Crippen LogP contribution in [0, 0.1) is 24.6 Å². The maximum atomic E-state index is 13.3. The van der Waals surface area contributed by atoms with Gasteiger partial charge in [-0.25, -0.2) is 19.3 Å². The van der Waals surface area contributed by atoms with E-state index in [1.54, 1.807) is 30.5 Å². The second-order valence-corrected chi connectivity index (χ2v) is 9.34. The molecular weight excluding hydrogens is 491 g/mol. The molecule has 4 aromatic rings. The van der Waals surface area contributed by atoms with E-state index in [9.17, 15) is 4.39 Å². The quantitative estimate of drug-likeness (QED) is 0.164. The summed E-state index contributed by atoms with van der Waals surface area (Å²) in [6.07, 6.45) is 3.20. The molecule has 170 valence electrons. The molecule has 4 rings (SSSR count). The maximum absolute atomic E-state index is 13.3. The van der Waals surface area contributed by atoms with Crippen molar-refractivity contribution in [2.24, 2.45) is 0 Å². The van der Waals surface area contributed by atoms with E-state index in [-0.39, 0.29) is 12.4 Å². The molecule has 0 bridgehead atoms. The molecule has 2 aromatic carbocycles. The molecule has 0 saturated carbocycles. The van der Waals surface area contributed by atoms with Gasteiger partial charge in [-0.2, -0.15) is 0 Å². The lowest BCUT2D eigenvalue weighted by Gasteiger charge is -2.13. The Hall–Kier alpha value is -3.38. The van der Waals surface area contributed by atoms with Gasteiger partial charge in [-0.1, -0.05) is 48.0 Å². The molecule has 0 aliphatic heterocycles. The number of hydrogen-bond acceptors (Lipinski definition) is 7. The minimum Gasteiger partial charge on any atom is -0.487 e. The Morgan fingerprint density at radius 2 is 2.12 bits per heavy atom. The van der Waals surface area contributed by atoms with Gasteiger partial charge in [-0.3, -0.25) is 0 Å². The first-order valence-electron chi connectivity index (χ1n) is 10.0. The van der Waals surface area contributed by atoms with Gasteiger partial charge in [0.25, 0.3) is 0 Å². The van der Waals surface area contributed by atoms with Gasteiger partial charge in [-0.15, -0.1) is 11.3 Å². The van der Waals surface area contributed by atoms with Crippen LogP contribution in [0.5, 0.6) is 5.75 Å². The number of allylic oxidation sites excluding steroid dienone is 1. The fraction of sp³-hybridized carbons (Fsp3) is 0.0800. The van der Waals surface area contributed by atoms with Crippen LogP contribution in [0.3, 0.4) is 0 Å². The zero-order valence-electron chi connectivity index (χ0n) is 18.0. The SMILES string of the molecule is C=C(C#Cc1nccs1)Sc1ncnc(Nc2ccc(OCc3cccc(F)c3)c(Cl)c2)c1C. The van der Waals surface area contributed by atoms with Crippen LogP contribution in [-0.4, -0.2) is 15.0 Å². The van der Waals surface area contributed by atoms with E-state index in [1.165, 1.54) is 41.6 Å². The first-order chi connectivity index (χ1) is 16.5. The van der Waals surface area contributed by atoms with Crippen molar-refractivity contribution in [3.63, 3.8) is 0 Å². The van der Waals surface area contributed by atoms with Crippen molar-refractivity contribution in [3.8, 4) is 17.6 Å². The molecule has 0 unspecified atom stereocenters. The Balaban J connectivity index is 1.42. The van der Waals surface area contributed by atoms with Crippen LogP contribution < -0.4 is 10.1 Å². The summed E-state index contributed by atoms with van der Waals surface area (Å²) in [5, 5.41) is 7.05. The minimum absolute atomic E-state index is 0.213. The molecule has 2 aromatic heterocycles. The zero-order chi connectivity index (χ0) is 23.9. The van der Waals surface area contributed by atoms with Crippen molar-refractivity contribution in [3.05, 3.63) is 98.8 Å². The van der Waals surface area contributed by atoms with Crippen LogP contribution in [0.1, 0.15) is 16.1 Å². The summed E-state index contributed by atoms with van der Waals surface area (Å²) >= 11 is 9.25. The average molecular weight is 509 g/mol. The summed E-state index contributed by atoms with van der Waals surface area (Å²) in [6.45, 7) is 6.14. The molecule has 0 spiro atoms. The highest BCUT2D eigenvalue weighted by molar-refractivity contribution is 8.03. The van der Waals surface area contributed by atoms with Gasteiger partial charge in [0.15, 0.2) is 5.01 Å². The van der Waals surface area contributed by atoms with E-state index in [1.807, 2.05) is 18.4 Å². The molecule has 5 nitrogen and oxygen atoms in total. The number of thioether (sulfide) groups is 1. The van der Waals surface area contributed by atoms with Gasteiger partial charge in [0.05, 0.1) is 9.93 Å². The van der Waals surface area contributed by atoms with E-state index >= 15 is 0 Å². The lowest BCUT2D eigenvalue weighted by atomic mass is 10.2. The number of aromatic nitrogens is 3. The molecular formula is C25H18ClFN4OS2. The number of hydrogen-bond donors (Lipinski definition) is 1. The predicted octanol–water partition coefficient (Wildman–Crippen LogP) is 7.01. The molecule has 0 radical (unpaired) electrons. The number of anilines is 2. The summed E-state index contributed by atoms with van der Waals surface area (Å²) in [7, 11) is 0. The smallest absolute Gasteiger partial charge is 0.167 e. The molecule has 0 atom stereocenters. The first-order valence-corrected chi connectivity index (χ1v) is 12.1. The lowest BCUT2D eigenvalue weighted by molar-refractivity contribution is 0.306. The van der Waals surface area contributed by atoms with Crippen molar-refractivity contribution in [1.29, 1.82) is 0 Å². The summed E-state index contributed by atoms with van der Waals surface area (Å²) < 4.78 is 19.1. The number of halogens is 2. The van der Waals surface area contributed by atoms with Crippen molar-refractivity contribution in [2.75, 3.05) is 5.32 Å². The Kier molecular flexibility index (Phi) is 7.80. The van der Waals surface area contributed by atoms with E-state index in [0.29, 0.717) is 21.5 Å². The topological polar surface area (TPSA) is 59.9 Å². The van der Waals surface area contributed by atoms with Crippen LogP contribution >= 0.6 is 34.7 Å². The van der Waals surface area contributed by atoms with Gasteiger partial charge in [-0.05, 0) is 48.7 Å². The van der Waals surface area contributed by atoms with E-state index in [2.05, 4.69) is 38.7 Å². The monoisotopic (exact) mass is 508 g/mol. The summed E-state index contributed by atoms with van der Waals surface area (Å²) in [6, 6.07) is 11.6. The van der Waals surface area contributed by atoms with Crippen LogP contribution in [0.4, 0.5) is 15.9 Å². The molecule has 34 heavy (non-hydrogen) atoms. The van der Waals surface area contributed by atoms with E-state index < -0.39 is 0 Å². The minimum atomic E-state index is -0.306. The zero-order valence-corrected chi connectivity index (χ0v) is 20.4. The van der Waals surface area contributed by atoms with Crippen LogP contribution in [0.15, 0.2) is 76.9 Å². The van der Waals surface area contributed by atoms with Crippen molar-refractivity contribution < 1.29 is 9.13 Å². The average Bonchev–Trinajstić information content (AvgIpc) is 3.34. The van der Waals surface area contributed by atoms with Crippen LogP contribution in [0.2, 0.25) is 5.02 Å². The summed E-state index contributed by atoms with van der Waals surface area (Å²) in [4.78, 5) is 13.5. The standard InChI is InChI=1S/C25H18ClFN4OS2/c1-16(6-9-23-28-10-11-33-23)34-25-17(2)24(29-15-30-25)31-20-7-8-22(21(26)13-20)32-14-18-4-3-5-19(27)12-18/h3-5,7-8,10-13,15H,1,14H2,2H3,(H,29,30,31). The molecule has 0 saturated heterocycles. The number of ether oxygens (including phenoxy) is 1. The molecule has 2 heterocycles. The highest BCUT2D eigenvalue weighted by atomic mass is 35.5. The van der Waals surface area contributed by atoms with Crippen molar-refractivity contribution in [2.45, 2.75) is 18.6 Å². The van der Waals surface area contributed by atoms with Gasteiger partial charge in [0, 0.05) is 22.8 Å². The second kappa shape index (κ2) is 11.2. The largest absolute Gasteiger partial charge is 0.487 e. The number of nitrogens with one attached hydrogen (secondary N) is 1. The maximum Gasteiger partial charge on any atom is 0.167 e. The Bertz CT molecular complexity index is 1380. The molecule has 1 N–H and O–H groups in total. The Morgan fingerprint density at radius 3 is 2.88 bits per heavy atom. The Labute approximate surface area is 210 Å². The number of rotatable bonds is 7. The molecule has 9 heteroatoms. The fourth-order valence-corrected chi connectivity index (χ4v) is 4.24. The molecule has 0 aliphatic rings. The van der Waals surface area contributed by atoms with Gasteiger partial charge < -0.3 is 10.1 Å². The summed E-state index contributed by atoms with van der Waals surface area (Å²) in [5.41, 5.74) is 2.31. The van der Waals surface area contributed by atoms with E-state index in [0.717, 1.165) is 26.8 Å². The Morgan fingerprint density at radius 1 is 1.24 bits per heavy atom. The predicted molar refractivity (Wildman–Crippen MR) is 136 cm³/mol. The second-order valence-electron chi connectivity index (χ2n) is 6.95. The normalized spacial score (nSPS) is 10.3. The molecule has 0 aliphatic carbocycles. The number of nitrogens with zero attached hydrogens (tertiary/aromatic N) is 3. The van der Waals surface area contributed by atoms with Gasteiger partial charge >= 0.3 is 0 Å². The third-order valence-corrected chi connectivity index (χ3v) is 6.41. The fourth-order valence-electron chi connectivity index (χ4n) is 2.83. The highest BCUT2D eigenvalue weighted by Crippen LogP contribution is 2.33. The van der Waals surface area contributed by atoms with Crippen LogP contribution in [0.25, 0.3) is 0 Å². The first kappa shape index (κ1) is 23.8. The lowest BCUT2D eigenvalue weighted by Crippen LogP contribution is -2.00. The third-order valence-electron chi connectivity index (χ3n) is 4.48. The van der Waals surface area contributed by atoms with Crippen LogP contribution in [-0.2, 0) is 6.61 Å².